The molecule has 0 radical (unpaired) electrons. The van der Waals surface area contributed by atoms with Crippen LogP contribution in [-0.2, 0) is 0 Å². The molecular weight excluding hydrogens is 274 g/mol. The van der Waals surface area contributed by atoms with E-state index in [1.54, 1.807) is 0 Å². The molecule has 0 amide bonds. The molecule has 0 saturated heterocycles. The second-order valence-electron chi connectivity index (χ2n) is 3.46. The first-order valence-electron chi connectivity index (χ1n) is 5.35. The lowest BCUT2D eigenvalue weighted by Gasteiger charge is -2.02. The fourth-order valence-electron chi connectivity index (χ4n) is 1.18. The summed E-state index contributed by atoms with van der Waals surface area (Å²) in [6, 6.07) is 0. The van der Waals surface area contributed by atoms with Crippen molar-refractivity contribution >= 4 is 29.3 Å². The minimum atomic E-state index is 0.142. The quantitative estimate of drug-likeness (QED) is 0.925. The summed E-state index contributed by atoms with van der Waals surface area (Å²) in [4.78, 5) is 16.4. The maximum absolute atomic E-state index is 5.82. The summed E-state index contributed by atoms with van der Waals surface area (Å²) in [6.07, 6.45) is 0. The highest BCUT2D eigenvalue weighted by Crippen LogP contribution is 2.26. The van der Waals surface area contributed by atoms with E-state index in [-0.39, 0.29) is 5.28 Å². The molecular formula is C10H12ClN5OS. The van der Waals surface area contributed by atoms with Crippen molar-refractivity contribution in [1.29, 1.82) is 0 Å². The predicted molar refractivity (Wildman–Crippen MR) is 69.1 cm³/mol. The average Bonchev–Trinajstić information content (AvgIpc) is 2.57. The van der Waals surface area contributed by atoms with E-state index < -0.39 is 0 Å². The smallest absolute Gasteiger partial charge is 0.264 e. The highest BCUT2D eigenvalue weighted by Gasteiger charge is 2.11. The Balaban J connectivity index is 2.22. The molecule has 96 valence electrons. The van der Waals surface area contributed by atoms with Gasteiger partial charge in [0.15, 0.2) is 0 Å². The molecule has 0 unspecified atom stereocenters. The van der Waals surface area contributed by atoms with Crippen molar-refractivity contribution in [1.82, 2.24) is 19.9 Å². The first-order valence-corrected chi connectivity index (χ1v) is 6.55. The van der Waals surface area contributed by atoms with Gasteiger partial charge in [0.25, 0.3) is 5.22 Å². The van der Waals surface area contributed by atoms with Crippen molar-refractivity contribution in [2.45, 2.75) is 31.2 Å². The summed E-state index contributed by atoms with van der Waals surface area (Å²) < 4.78 is 5.45. The molecule has 2 rings (SSSR count). The molecule has 0 bridgehead atoms. The second-order valence-corrected chi connectivity index (χ2v) is 4.72. The minimum absolute atomic E-state index is 0.142. The van der Waals surface area contributed by atoms with Gasteiger partial charge in [-0.15, -0.1) is 0 Å². The van der Waals surface area contributed by atoms with Crippen LogP contribution in [0, 0.1) is 13.8 Å². The lowest BCUT2D eigenvalue weighted by atomic mass is 10.4. The normalized spacial score (nSPS) is 10.7. The second kappa shape index (κ2) is 5.53. The van der Waals surface area contributed by atoms with Crippen LogP contribution in [0.4, 0.5) is 5.95 Å². The first-order chi connectivity index (χ1) is 8.58. The van der Waals surface area contributed by atoms with Crippen LogP contribution in [0.15, 0.2) is 14.8 Å². The van der Waals surface area contributed by atoms with Crippen LogP contribution in [0.1, 0.15) is 18.4 Å². The van der Waals surface area contributed by atoms with Gasteiger partial charge in [-0.05, 0) is 32.4 Å². The van der Waals surface area contributed by atoms with Gasteiger partial charge in [-0.3, -0.25) is 0 Å². The number of aryl methyl sites for hydroxylation is 2. The largest absolute Gasteiger partial charge is 0.436 e. The fraction of sp³-hybridized carbons (Fsp3) is 0.400. The predicted octanol–water partition coefficient (Wildman–Crippen LogP) is 2.71. The fourth-order valence-corrected chi connectivity index (χ4v) is 2.16. The third-order valence-corrected chi connectivity index (χ3v) is 2.99. The van der Waals surface area contributed by atoms with Gasteiger partial charge in [0.1, 0.15) is 5.76 Å². The Morgan fingerprint density at radius 3 is 2.61 bits per heavy atom. The topological polar surface area (TPSA) is 76.7 Å². The zero-order valence-electron chi connectivity index (χ0n) is 10.2. The van der Waals surface area contributed by atoms with Gasteiger partial charge in [-0.25, -0.2) is 4.98 Å². The molecule has 8 heteroatoms. The molecule has 2 aromatic heterocycles. The van der Waals surface area contributed by atoms with E-state index in [1.807, 2.05) is 20.8 Å². The molecule has 0 atom stereocenters. The van der Waals surface area contributed by atoms with Gasteiger partial charge >= 0.3 is 0 Å². The number of anilines is 1. The molecule has 0 aliphatic heterocycles. The van der Waals surface area contributed by atoms with Gasteiger partial charge in [0, 0.05) is 18.3 Å². The van der Waals surface area contributed by atoms with E-state index in [4.69, 9.17) is 16.0 Å². The molecule has 0 aliphatic carbocycles. The monoisotopic (exact) mass is 285 g/mol. The van der Waals surface area contributed by atoms with Gasteiger partial charge in [-0.1, -0.05) is 0 Å². The van der Waals surface area contributed by atoms with Crippen LogP contribution in [0.2, 0.25) is 5.28 Å². The molecule has 0 fully saturated rings. The van der Waals surface area contributed by atoms with E-state index in [0.29, 0.717) is 22.9 Å². The van der Waals surface area contributed by atoms with Crippen LogP contribution >= 0.6 is 23.4 Å². The summed E-state index contributed by atoms with van der Waals surface area (Å²) in [5.74, 6) is 1.23. The van der Waals surface area contributed by atoms with E-state index in [9.17, 15) is 0 Å². The van der Waals surface area contributed by atoms with Crippen molar-refractivity contribution in [2.75, 3.05) is 11.9 Å². The summed E-state index contributed by atoms with van der Waals surface area (Å²) in [6.45, 7) is 6.40. The van der Waals surface area contributed by atoms with Crippen molar-refractivity contribution in [3.8, 4) is 0 Å². The maximum Gasteiger partial charge on any atom is 0.264 e. The third kappa shape index (κ3) is 3.11. The summed E-state index contributed by atoms with van der Waals surface area (Å²) in [7, 11) is 0. The Kier molecular flexibility index (Phi) is 4.03. The number of aromatic nitrogens is 4. The summed E-state index contributed by atoms with van der Waals surface area (Å²) in [5, 5.41) is 4.07. The van der Waals surface area contributed by atoms with Gasteiger partial charge in [0.05, 0.1) is 5.69 Å². The van der Waals surface area contributed by atoms with Gasteiger partial charge in [0.2, 0.25) is 16.4 Å². The Morgan fingerprint density at radius 2 is 2.00 bits per heavy atom. The van der Waals surface area contributed by atoms with Gasteiger partial charge in [-0.2, -0.15) is 15.0 Å². The molecule has 0 aliphatic rings. The highest BCUT2D eigenvalue weighted by atomic mass is 35.5. The summed E-state index contributed by atoms with van der Waals surface area (Å²) >= 11 is 7.03. The Labute approximate surface area is 114 Å². The van der Waals surface area contributed by atoms with Crippen molar-refractivity contribution in [3.63, 3.8) is 0 Å². The Bertz CT molecular complexity index is 540. The third-order valence-electron chi connectivity index (χ3n) is 2.11. The van der Waals surface area contributed by atoms with Crippen LogP contribution in [-0.4, -0.2) is 26.5 Å². The Hall–Kier alpha value is -1.34. The number of nitrogens with zero attached hydrogens (tertiary/aromatic N) is 4. The SMILES string of the molecule is CCNc1nc(Cl)nc(Sc2nc(C)c(C)o2)n1. The lowest BCUT2D eigenvalue weighted by molar-refractivity contribution is 0.430. The highest BCUT2D eigenvalue weighted by molar-refractivity contribution is 7.98. The number of rotatable bonds is 4. The first kappa shape index (κ1) is 13.1. The zero-order chi connectivity index (χ0) is 13.1. The Morgan fingerprint density at radius 1 is 1.22 bits per heavy atom. The molecule has 1 N–H and O–H groups in total. The maximum atomic E-state index is 5.82. The molecule has 0 aromatic carbocycles. The lowest BCUT2D eigenvalue weighted by Crippen LogP contribution is -2.04. The number of nitrogens with one attached hydrogen (secondary N) is 1. The number of halogens is 1. The minimum Gasteiger partial charge on any atom is -0.436 e. The van der Waals surface area contributed by atoms with Crippen molar-refractivity contribution in [3.05, 3.63) is 16.7 Å². The van der Waals surface area contributed by atoms with Crippen LogP contribution in [0.25, 0.3) is 0 Å². The van der Waals surface area contributed by atoms with Crippen molar-refractivity contribution in [2.24, 2.45) is 0 Å². The van der Waals surface area contributed by atoms with Crippen LogP contribution < -0.4 is 5.32 Å². The van der Waals surface area contributed by atoms with E-state index >= 15 is 0 Å². The molecule has 2 aromatic rings. The zero-order valence-corrected chi connectivity index (χ0v) is 11.8. The number of hydrogen-bond acceptors (Lipinski definition) is 7. The molecule has 0 spiro atoms. The van der Waals surface area contributed by atoms with Crippen molar-refractivity contribution < 1.29 is 4.42 Å². The molecule has 0 saturated carbocycles. The van der Waals surface area contributed by atoms with E-state index in [2.05, 4.69) is 25.3 Å². The van der Waals surface area contributed by atoms with Crippen LogP contribution in [0.5, 0.6) is 0 Å². The average molecular weight is 286 g/mol. The molecule has 6 nitrogen and oxygen atoms in total. The van der Waals surface area contributed by atoms with E-state index in [0.717, 1.165) is 11.5 Å². The van der Waals surface area contributed by atoms with Crippen LogP contribution in [0.3, 0.4) is 0 Å². The number of oxazole rings is 1. The molecule has 18 heavy (non-hydrogen) atoms. The van der Waals surface area contributed by atoms with Gasteiger partial charge < -0.3 is 9.73 Å². The molecule has 2 heterocycles. The number of hydrogen-bond donors (Lipinski definition) is 1. The van der Waals surface area contributed by atoms with E-state index in [1.165, 1.54) is 11.8 Å². The standard InChI is InChI=1S/C10H12ClN5OS/c1-4-12-8-14-7(11)15-9(16-8)18-10-13-5(2)6(3)17-10/h4H2,1-3H3,(H,12,14,15,16). The summed E-state index contributed by atoms with van der Waals surface area (Å²) in [5.41, 5.74) is 0.851.